The molecule has 1 fully saturated rings. The molecule has 0 radical (unpaired) electrons. The Bertz CT molecular complexity index is 1240. The number of nitrogens with zero attached hydrogens (tertiary/aromatic N) is 2. The molecule has 0 unspecified atom stereocenters. The number of amides is 1. The quantitative estimate of drug-likeness (QED) is 0.527. The third-order valence-corrected chi connectivity index (χ3v) is 7.83. The molecule has 0 aliphatic carbocycles. The van der Waals surface area contributed by atoms with Gasteiger partial charge >= 0.3 is 0 Å². The number of carbonyl (C=O) groups excluding carboxylic acids is 1. The number of hydrogen-bond donors (Lipinski definition) is 1. The van der Waals surface area contributed by atoms with Gasteiger partial charge in [0.15, 0.2) is 0 Å². The molecule has 34 heavy (non-hydrogen) atoms. The van der Waals surface area contributed by atoms with E-state index in [9.17, 15) is 13.2 Å². The number of anilines is 2. The van der Waals surface area contributed by atoms with E-state index < -0.39 is 10.0 Å². The number of methoxy groups -OCH3 is 1. The second kappa shape index (κ2) is 10.2. The highest BCUT2D eigenvalue weighted by atomic mass is 32.2. The van der Waals surface area contributed by atoms with Crippen molar-refractivity contribution in [2.24, 2.45) is 0 Å². The molecule has 1 amide bonds. The lowest BCUT2D eigenvalue weighted by Crippen LogP contribution is -2.27. The average molecular weight is 480 g/mol. The van der Waals surface area contributed by atoms with Crippen molar-refractivity contribution in [3.63, 3.8) is 0 Å². The van der Waals surface area contributed by atoms with Crippen LogP contribution in [0.5, 0.6) is 5.75 Å². The molecule has 0 bridgehead atoms. The van der Waals surface area contributed by atoms with Crippen molar-refractivity contribution in [1.82, 2.24) is 5.32 Å². The Labute approximate surface area is 201 Å². The maximum Gasteiger partial charge on any atom is 0.264 e. The normalized spacial score (nSPS) is 13.5. The summed E-state index contributed by atoms with van der Waals surface area (Å²) in [6.45, 7) is 2.54. The van der Waals surface area contributed by atoms with Crippen LogP contribution in [0.15, 0.2) is 77.7 Å². The molecule has 1 heterocycles. The summed E-state index contributed by atoms with van der Waals surface area (Å²) < 4.78 is 32.6. The van der Waals surface area contributed by atoms with Crippen LogP contribution in [0.3, 0.4) is 0 Å². The van der Waals surface area contributed by atoms with Gasteiger partial charge in [0.1, 0.15) is 5.75 Å². The Hall–Kier alpha value is -3.52. The van der Waals surface area contributed by atoms with Crippen LogP contribution in [-0.2, 0) is 16.6 Å². The third kappa shape index (κ3) is 5.17. The van der Waals surface area contributed by atoms with Gasteiger partial charge in [0.05, 0.1) is 17.7 Å². The van der Waals surface area contributed by atoms with Crippen LogP contribution in [-0.4, -0.2) is 41.6 Å². The zero-order valence-electron chi connectivity index (χ0n) is 19.4. The van der Waals surface area contributed by atoms with Crippen molar-refractivity contribution in [3.8, 4) is 5.75 Å². The smallest absolute Gasteiger partial charge is 0.264 e. The van der Waals surface area contributed by atoms with Crippen molar-refractivity contribution < 1.29 is 17.9 Å². The summed E-state index contributed by atoms with van der Waals surface area (Å²) in [5.41, 5.74) is 2.97. The van der Waals surface area contributed by atoms with Gasteiger partial charge in [-0.2, -0.15) is 0 Å². The SMILES string of the molecule is COc1ccc(N(C)S(=O)(=O)c2cccc(C(=O)NCc3ccc(N4CCCC4)cc3)c2)cc1. The van der Waals surface area contributed by atoms with Crippen molar-refractivity contribution in [2.75, 3.05) is 36.5 Å². The molecular formula is C26H29N3O4S. The predicted molar refractivity (Wildman–Crippen MR) is 134 cm³/mol. The van der Waals surface area contributed by atoms with Crippen molar-refractivity contribution in [1.29, 1.82) is 0 Å². The molecule has 0 atom stereocenters. The van der Waals surface area contributed by atoms with E-state index in [1.165, 1.54) is 42.0 Å². The van der Waals surface area contributed by atoms with Crippen molar-refractivity contribution >= 4 is 27.3 Å². The molecule has 1 aliphatic heterocycles. The van der Waals surface area contributed by atoms with Gasteiger partial charge in [-0.05, 0) is 73.0 Å². The summed E-state index contributed by atoms with van der Waals surface area (Å²) in [4.78, 5) is 15.1. The molecule has 3 aromatic carbocycles. The van der Waals surface area contributed by atoms with Gasteiger partial charge in [0.25, 0.3) is 15.9 Å². The first kappa shape index (κ1) is 23.6. The topological polar surface area (TPSA) is 78.9 Å². The largest absolute Gasteiger partial charge is 0.497 e. The number of nitrogens with one attached hydrogen (secondary N) is 1. The van der Waals surface area contributed by atoms with Gasteiger partial charge < -0.3 is 15.0 Å². The van der Waals surface area contributed by atoms with Crippen LogP contribution >= 0.6 is 0 Å². The summed E-state index contributed by atoms with van der Waals surface area (Å²) >= 11 is 0. The molecule has 178 valence electrons. The highest BCUT2D eigenvalue weighted by molar-refractivity contribution is 7.92. The monoisotopic (exact) mass is 479 g/mol. The fourth-order valence-corrected chi connectivity index (χ4v) is 5.21. The lowest BCUT2D eigenvalue weighted by Gasteiger charge is -2.20. The molecular weight excluding hydrogens is 450 g/mol. The first-order chi connectivity index (χ1) is 16.4. The summed E-state index contributed by atoms with van der Waals surface area (Å²) in [5.74, 6) is 0.312. The van der Waals surface area contributed by atoms with Gasteiger partial charge in [0, 0.05) is 37.9 Å². The highest BCUT2D eigenvalue weighted by Crippen LogP contribution is 2.25. The van der Waals surface area contributed by atoms with Crippen molar-refractivity contribution in [2.45, 2.75) is 24.3 Å². The van der Waals surface area contributed by atoms with Crippen LogP contribution in [0.25, 0.3) is 0 Å². The molecule has 1 N–H and O–H groups in total. The van der Waals surface area contributed by atoms with E-state index in [1.54, 1.807) is 43.5 Å². The zero-order valence-corrected chi connectivity index (χ0v) is 20.2. The molecule has 0 spiro atoms. The minimum absolute atomic E-state index is 0.0495. The van der Waals surface area contributed by atoms with Crippen LogP contribution < -0.4 is 19.3 Å². The number of sulfonamides is 1. The summed E-state index contributed by atoms with van der Waals surface area (Å²) in [5, 5.41) is 2.88. The number of rotatable bonds is 8. The Kier molecular flexibility index (Phi) is 7.07. The highest BCUT2D eigenvalue weighted by Gasteiger charge is 2.22. The minimum atomic E-state index is -3.84. The van der Waals surface area contributed by atoms with Crippen LogP contribution in [0.4, 0.5) is 11.4 Å². The molecule has 0 aromatic heterocycles. The second-order valence-corrected chi connectivity index (χ2v) is 10.2. The molecule has 7 nitrogen and oxygen atoms in total. The van der Waals surface area contributed by atoms with E-state index in [2.05, 4.69) is 22.3 Å². The Morgan fingerprint density at radius 2 is 1.68 bits per heavy atom. The standard InChI is InChI=1S/C26H29N3O4S/c1-28(22-12-14-24(33-2)15-13-22)34(31,32)25-7-5-6-21(18-25)26(30)27-19-20-8-10-23(11-9-20)29-16-3-4-17-29/h5-15,18H,3-4,16-17,19H2,1-2H3,(H,27,30). The van der Waals surface area contributed by atoms with Crippen LogP contribution in [0.2, 0.25) is 0 Å². The fourth-order valence-electron chi connectivity index (χ4n) is 3.97. The zero-order chi connectivity index (χ0) is 24.1. The van der Waals surface area contributed by atoms with E-state index in [1.807, 2.05) is 12.1 Å². The maximum atomic E-state index is 13.1. The number of hydrogen-bond acceptors (Lipinski definition) is 5. The lowest BCUT2D eigenvalue weighted by atomic mass is 10.1. The summed E-state index contributed by atoms with van der Waals surface area (Å²) in [6, 6.07) is 21.0. The van der Waals surface area contributed by atoms with E-state index in [-0.39, 0.29) is 16.4 Å². The molecule has 4 rings (SSSR count). The Morgan fingerprint density at radius 1 is 1.00 bits per heavy atom. The first-order valence-electron chi connectivity index (χ1n) is 11.2. The van der Waals surface area contributed by atoms with Gasteiger partial charge in [-0.3, -0.25) is 9.10 Å². The fraction of sp³-hybridized carbons (Fsp3) is 0.269. The van der Waals surface area contributed by atoms with Crippen LogP contribution in [0, 0.1) is 0 Å². The maximum absolute atomic E-state index is 13.1. The van der Waals surface area contributed by atoms with Gasteiger partial charge in [-0.25, -0.2) is 8.42 Å². The van der Waals surface area contributed by atoms with Gasteiger partial charge in [-0.15, -0.1) is 0 Å². The van der Waals surface area contributed by atoms with E-state index in [4.69, 9.17) is 4.74 Å². The molecule has 1 saturated heterocycles. The molecule has 0 saturated carbocycles. The summed E-state index contributed by atoms with van der Waals surface area (Å²) in [6.07, 6.45) is 2.45. The predicted octanol–water partition coefficient (Wildman–Crippen LogP) is 4.05. The lowest BCUT2D eigenvalue weighted by molar-refractivity contribution is 0.0950. The molecule has 8 heteroatoms. The van der Waals surface area contributed by atoms with E-state index >= 15 is 0 Å². The Morgan fingerprint density at radius 3 is 2.32 bits per heavy atom. The van der Waals surface area contributed by atoms with Crippen LogP contribution in [0.1, 0.15) is 28.8 Å². The van der Waals surface area contributed by atoms with E-state index in [0.717, 1.165) is 18.7 Å². The number of ether oxygens (including phenoxy) is 1. The van der Waals surface area contributed by atoms with Crippen molar-refractivity contribution in [3.05, 3.63) is 83.9 Å². The van der Waals surface area contributed by atoms with E-state index in [0.29, 0.717) is 18.0 Å². The number of benzene rings is 3. The molecule has 3 aromatic rings. The van der Waals surface area contributed by atoms with Gasteiger partial charge in [-0.1, -0.05) is 18.2 Å². The molecule has 1 aliphatic rings. The summed E-state index contributed by atoms with van der Waals surface area (Å²) in [7, 11) is -0.807. The Balaban J connectivity index is 1.43. The third-order valence-electron chi connectivity index (χ3n) is 6.05. The number of carbonyl (C=O) groups is 1. The average Bonchev–Trinajstić information content (AvgIpc) is 3.42. The minimum Gasteiger partial charge on any atom is -0.497 e. The first-order valence-corrected chi connectivity index (χ1v) is 12.7. The second-order valence-electron chi connectivity index (χ2n) is 8.24. The van der Waals surface area contributed by atoms with Gasteiger partial charge in [0.2, 0.25) is 0 Å².